The summed E-state index contributed by atoms with van der Waals surface area (Å²) >= 11 is 0. The molecule has 2 unspecified atom stereocenters. The molecule has 0 spiro atoms. The van der Waals surface area contributed by atoms with Gasteiger partial charge >= 0.3 is 0 Å². The number of aliphatic hydroxyl groups excluding tert-OH is 2. The molecule has 0 aliphatic rings. The topological polar surface area (TPSA) is 40.5 Å². The highest BCUT2D eigenvalue weighted by Gasteiger charge is 2.20. The van der Waals surface area contributed by atoms with Gasteiger partial charge in [0.05, 0.1) is 6.10 Å². The zero-order valence-electron chi connectivity index (χ0n) is 7.96. The number of hydrogen-bond donors (Lipinski definition) is 2. The van der Waals surface area contributed by atoms with Gasteiger partial charge in [-0.15, -0.1) is 0 Å². The summed E-state index contributed by atoms with van der Waals surface area (Å²) in [6.45, 7) is 8.18. The van der Waals surface area contributed by atoms with Crippen LogP contribution in [0.3, 0.4) is 0 Å². The normalized spacial score (nSPS) is 18.0. The molecule has 2 heteroatoms. The van der Waals surface area contributed by atoms with E-state index in [1.165, 1.54) is 0 Å². The Labute approximate surface area is 69.2 Å². The first kappa shape index (κ1) is 10.9. The SMILES string of the molecule is CC(CO)C(O)CC(C)(C)C. The third-order valence-corrected chi connectivity index (χ3v) is 1.77. The summed E-state index contributed by atoms with van der Waals surface area (Å²) < 4.78 is 0. The van der Waals surface area contributed by atoms with Crippen molar-refractivity contribution in [2.45, 2.75) is 40.2 Å². The molecule has 0 amide bonds. The molecule has 0 bridgehead atoms. The second-order valence-electron chi connectivity index (χ2n) is 4.49. The first-order valence-electron chi connectivity index (χ1n) is 4.16. The van der Waals surface area contributed by atoms with E-state index in [9.17, 15) is 5.11 Å². The van der Waals surface area contributed by atoms with Crippen molar-refractivity contribution in [3.63, 3.8) is 0 Å². The summed E-state index contributed by atoms with van der Waals surface area (Å²) in [4.78, 5) is 0. The summed E-state index contributed by atoms with van der Waals surface area (Å²) in [7, 11) is 0. The van der Waals surface area contributed by atoms with Crippen LogP contribution in [0.4, 0.5) is 0 Å². The number of rotatable bonds is 3. The Kier molecular flexibility index (Phi) is 4.04. The van der Waals surface area contributed by atoms with Crippen LogP contribution < -0.4 is 0 Å². The number of aliphatic hydroxyl groups is 2. The van der Waals surface area contributed by atoms with E-state index in [0.717, 1.165) is 6.42 Å². The summed E-state index contributed by atoms with van der Waals surface area (Å²) in [5.41, 5.74) is 0.142. The third-order valence-electron chi connectivity index (χ3n) is 1.77. The van der Waals surface area contributed by atoms with Crippen molar-refractivity contribution in [2.24, 2.45) is 11.3 Å². The Bertz CT molecular complexity index is 105. The van der Waals surface area contributed by atoms with Crippen molar-refractivity contribution in [1.29, 1.82) is 0 Å². The van der Waals surface area contributed by atoms with Gasteiger partial charge in [-0.1, -0.05) is 27.7 Å². The minimum absolute atomic E-state index is 0.00535. The first-order chi connectivity index (χ1) is 4.87. The van der Waals surface area contributed by atoms with E-state index in [4.69, 9.17) is 5.11 Å². The Hall–Kier alpha value is -0.0800. The molecule has 0 rings (SSSR count). The lowest BCUT2D eigenvalue weighted by Gasteiger charge is -2.25. The van der Waals surface area contributed by atoms with Gasteiger partial charge in [-0.25, -0.2) is 0 Å². The highest BCUT2D eigenvalue weighted by atomic mass is 16.3. The van der Waals surface area contributed by atoms with Crippen LogP contribution in [-0.2, 0) is 0 Å². The highest BCUT2D eigenvalue weighted by Crippen LogP contribution is 2.23. The smallest absolute Gasteiger partial charge is 0.0592 e. The van der Waals surface area contributed by atoms with Crippen molar-refractivity contribution in [3.8, 4) is 0 Å². The fraction of sp³-hybridized carbons (Fsp3) is 1.00. The van der Waals surface area contributed by atoms with Gasteiger partial charge in [-0.2, -0.15) is 0 Å². The second kappa shape index (κ2) is 4.07. The molecule has 0 aliphatic heterocycles. The fourth-order valence-electron chi connectivity index (χ4n) is 0.950. The van der Waals surface area contributed by atoms with E-state index in [1.807, 2.05) is 6.92 Å². The second-order valence-corrected chi connectivity index (χ2v) is 4.49. The molecule has 0 aromatic heterocycles. The molecule has 68 valence electrons. The van der Waals surface area contributed by atoms with Crippen molar-refractivity contribution in [1.82, 2.24) is 0 Å². The largest absolute Gasteiger partial charge is 0.396 e. The molecule has 0 saturated heterocycles. The Morgan fingerprint density at radius 3 is 2.00 bits per heavy atom. The lowest BCUT2D eigenvalue weighted by atomic mass is 9.85. The monoisotopic (exact) mass is 160 g/mol. The summed E-state index contributed by atoms with van der Waals surface area (Å²) in [5.74, 6) is -0.00535. The van der Waals surface area contributed by atoms with E-state index < -0.39 is 0 Å². The molecule has 2 atom stereocenters. The van der Waals surface area contributed by atoms with Gasteiger partial charge in [-0.3, -0.25) is 0 Å². The van der Waals surface area contributed by atoms with Crippen LogP contribution in [0, 0.1) is 11.3 Å². The van der Waals surface area contributed by atoms with Gasteiger partial charge in [0.1, 0.15) is 0 Å². The molecule has 0 fully saturated rings. The standard InChI is InChI=1S/C9H20O2/c1-7(6-10)8(11)5-9(2,3)4/h7-8,10-11H,5-6H2,1-4H3. The van der Waals surface area contributed by atoms with Crippen molar-refractivity contribution < 1.29 is 10.2 Å². The van der Waals surface area contributed by atoms with Crippen LogP contribution in [0.15, 0.2) is 0 Å². The molecule has 2 N–H and O–H groups in total. The summed E-state index contributed by atoms with van der Waals surface area (Å²) in [5, 5.41) is 18.2. The molecule has 0 aliphatic carbocycles. The third kappa shape index (κ3) is 5.22. The maximum Gasteiger partial charge on any atom is 0.0592 e. The van der Waals surface area contributed by atoms with Crippen molar-refractivity contribution in [2.75, 3.05) is 6.61 Å². The molecule has 0 saturated carbocycles. The number of hydrogen-bond acceptors (Lipinski definition) is 2. The van der Waals surface area contributed by atoms with E-state index in [2.05, 4.69) is 20.8 Å². The maximum atomic E-state index is 9.49. The van der Waals surface area contributed by atoms with Gasteiger partial charge in [-0.05, 0) is 11.8 Å². The minimum Gasteiger partial charge on any atom is -0.396 e. The predicted octanol–water partition coefficient (Wildman–Crippen LogP) is 1.41. The first-order valence-corrected chi connectivity index (χ1v) is 4.16. The molecule has 0 aromatic rings. The van der Waals surface area contributed by atoms with E-state index in [-0.39, 0.29) is 24.0 Å². The van der Waals surface area contributed by atoms with E-state index in [0.29, 0.717) is 0 Å². The minimum atomic E-state index is -0.375. The molecule has 0 heterocycles. The van der Waals surface area contributed by atoms with Crippen LogP contribution in [0.2, 0.25) is 0 Å². The quantitative estimate of drug-likeness (QED) is 0.655. The predicted molar refractivity (Wildman–Crippen MR) is 46.3 cm³/mol. The zero-order chi connectivity index (χ0) is 9.07. The average molecular weight is 160 g/mol. The molecule has 2 nitrogen and oxygen atoms in total. The van der Waals surface area contributed by atoms with Crippen LogP contribution in [0.1, 0.15) is 34.1 Å². The Morgan fingerprint density at radius 1 is 1.27 bits per heavy atom. The van der Waals surface area contributed by atoms with Crippen LogP contribution in [-0.4, -0.2) is 22.9 Å². The van der Waals surface area contributed by atoms with Crippen molar-refractivity contribution in [3.05, 3.63) is 0 Å². The van der Waals surface area contributed by atoms with Crippen LogP contribution >= 0.6 is 0 Å². The molecule has 0 aromatic carbocycles. The molecule has 0 radical (unpaired) electrons. The lowest BCUT2D eigenvalue weighted by molar-refractivity contribution is 0.0454. The van der Waals surface area contributed by atoms with Gasteiger partial charge in [0.15, 0.2) is 0 Å². The molecule has 11 heavy (non-hydrogen) atoms. The van der Waals surface area contributed by atoms with Crippen molar-refractivity contribution >= 4 is 0 Å². The van der Waals surface area contributed by atoms with Gasteiger partial charge < -0.3 is 10.2 Å². The maximum absolute atomic E-state index is 9.49. The van der Waals surface area contributed by atoms with Crippen LogP contribution in [0.25, 0.3) is 0 Å². The fourth-order valence-corrected chi connectivity index (χ4v) is 0.950. The molecular weight excluding hydrogens is 140 g/mol. The Morgan fingerprint density at radius 2 is 1.73 bits per heavy atom. The summed E-state index contributed by atoms with van der Waals surface area (Å²) in [6.07, 6.45) is 0.370. The van der Waals surface area contributed by atoms with Crippen LogP contribution in [0.5, 0.6) is 0 Å². The van der Waals surface area contributed by atoms with Gasteiger partial charge in [0.25, 0.3) is 0 Å². The zero-order valence-corrected chi connectivity index (χ0v) is 7.96. The lowest BCUT2D eigenvalue weighted by Crippen LogP contribution is -2.26. The summed E-state index contributed by atoms with van der Waals surface area (Å²) in [6, 6.07) is 0. The average Bonchev–Trinajstić information content (AvgIpc) is 1.82. The van der Waals surface area contributed by atoms with E-state index >= 15 is 0 Å². The molecular formula is C9H20O2. The van der Waals surface area contributed by atoms with Gasteiger partial charge in [0.2, 0.25) is 0 Å². The van der Waals surface area contributed by atoms with E-state index in [1.54, 1.807) is 0 Å². The van der Waals surface area contributed by atoms with Gasteiger partial charge in [0, 0.05) is 12.5 Å². The Balaban J connectivity index is 3.77. The highest BCUT2D eigenvalue weighted by molar-refractivity contribution is 4.71.